The quantitative estimate of drug-likeness (QED) is 0.517. The van der Waals surface area contributed by atoms with Gasteiger partial charge in [-0.3, -0.25) is 0 Å². The molecule has 0 bridgehead atoms. The van der Waals surface area contributed by atoms with Crippen molar-refractivity contribution in [3.8, 4) is 0 Å². The second kappa shape index (κ2) is 2.76. The van der Waals surface area contributed by atoms with Crippen molar-refractivity contribution in [2.75, 3.05) is 0 Å². The Morgan fingerprint density at radius 3 is 2.83 bits per heavy atom. The van der Waals surface area contributed by atoms with Gasteiger partial charge in [-0.05, 0) is 31.6 Å². The van der Waals surface area contributed by atoms with Crippen LogP contribution in [-0.2, 0) is 0 Å². The van der Waals surface area contributed by atoms with Crippen molar-refractivity contribution in [3.63, 3.8) is 0 Å². The second-order valence-corrected chi connectivity index (χ2v) is 4.43. The van der Waals surface area contributed by atoms with Crippen molar-refractivity contribution >= 4 is 0 Å². The summed E-state index contributed by atoms with van der Waals surface area (Å²) in [4.78, 5) is 0. The van der Waals surface area contributed by atoms with Crippen LogP contribution in [0, 0.1) is 17.8 Å². The fourth-order valence-electron chi connectivity index (χ4n) is 2.86. The highest BCUT2D eigenvalue weighted by Gasteiger charge is 2.37. The smallest absolute Gasteiger partial charge is 0.00476 e. The summed E-state index contributed by atoms with van der Waals surface area (Å²) in [5.41, 5.74) is 3.41. The van der Waals surface area contributed by atoms with Crippen LogP contribution >= 0.6 is 0 Å². The molecule has 0 saturated carbocycles. The molecule has 0 spiro atoms. The molecule has 1 unspecified atom stereocenters. The fourth-order valence-corrected chi connectivity index (χ4v) is 2.86. The molecule has 2 rings (SSSR count). The van der Waals surface area contributed by atoms with Gasteiger partial charge in [0, 0.05) is 5.92 Å². The lowest BCUT2D eigenvalue weighted by atomic mass is 9.61. The van der Waals surface area contributed by atoms with Gasteiger partial charge in [-0.2, -0.15) is 0 Å². The van der Waals surface area contributed by atoms with E-state index in [9.17, 15) is 0 Å². The zero-order valence-corrected chi connectivity index (χ0v) is 8.30. The van der Waals surface area contributed by atoms with E-state index in [4.69, 9.17) is 0 Å². The van der Waals surface area contributed by atoms with Crippen molar-refractivity contribution in [1.82, 2.24) is 0 Å². The second-order valence-electron chi connectivity index (χ2n) is 4.43. The molecule has 0 aromatic heterocycles. The Kier molecular flexibility index (Phi) is 1.86. The van der Waals surface area contributed by atoms with E-state index >= 15 is 0 Å². The third-order valence-corrected chi connectivity index (χ3v) is 3.41. The molecular weight excluding hydrogens is 144 g/mol. The number of allylic oxidation sites excluding steroid dienone is 4. The van der Waals surface area contributed by atoms with Crippen LogP contribution in [0.3, 0.4) is 0 Å². The van der Waals surface area contributed by atoms with Gasteiger partial charge in [0.15, 0.2) is 0 Å². The molecule has 0 heteroatoms. The molecule has 0 aromatic rings. The summed E-state index contributed by atoms with van der Waals surface area (Å²) in [6.07, 6.45) is 7.47. The van der Waals surface area contributed by atoms with Crippen molar-refractivity contribution in [3.05, 3.63) is 23.3 Å². The minimum atomic E-state index is 0.758. The monoisotopic (exact) mass is 162 g/mol. The first-order valence-electron chi connectivity index (χ1n) is 5.09. The van der Waals surface area contributed by atoms with Crippen molar-refractivity contribution < 1.29 is 0 Å². The van der Waals surface area contributed by atoms with Gasteiger partial charge in [0.25, 0.3) is 0 Å². The first-order chi connectivity index (χ1) is 5.72. The van der Waals surface area contributed by atoms with Crippen LogP contribution in [0.15, 0.2) is 23.3 Å². The minimum absolute atomic E-state index is 0.758. The van der Waals surface area contributed by atoms with Gasteiger partial charge in [-0.15, -0.1) is 0 Å². The largest absolute Gasteiger partial charge is 0.0879 e. The highest BCUT2D eigenvalue weighted by molar-refractivity contribution is 5.37. The maximum Gasteiger partial charge on any atom is 0.00476 e. The van der Waals surface area contributed by atoms with Crippen LogP contribution < -0.4 is 0 Å². The van der Waals surface area contributed by atoms with Gasteiger partial charge in [-0.1, -0.05) is 37.1 Å². The molecule has 2 aliphatic rings. The minimum Gasteiger partial charge on any atom is -0.0879 e. The lowest BCUT2D eigenvalue weighted by Crippen LogP contribution is -2.32. The third-order valence-electron chi connectivity index (χ3n) is 3.41. The Balaban J connectivity index is 2.25. The molecule has 0 fully saturated rings. The standard InChI is InChI=1S/C12H18/c1-8(2)12-9(3)10-6-4-5-7-11(10)12/h5,7-8,10-11H,4,6H2,1-3H3/t10?,11-/m0/s1. The van der Waals surface area contributed by atoms with Crippen LogP contribution in [0.25, 0.3) is 0 Å². The van der Waals surface area contributed by atoms with Crippen molar-refractivity contribution in [2.24, 2.45) is 17.8 Å². The van der Waals surface area contributed by atoms with Crippen LogP contribution in [0.5, 0.6) is 0 Å². The maximum atomic E-state index is 2.43. The van der Waals surface area contributed by atoms with Gasteiger partial charge in [-0.25, -0.2) is 0 Å². The molecule has 0 heterocycles. The summed E-state index contributed by atoms with van der Waals surface area (Å²) >= 11 is 0. The summed E-state index contributed by atoms with van der Waals surface area (Å²) < 4.78 is 0. The molecule has 0 nitrogen and oxygen atoms in total. The molecule has 2 aliphatic carbocycles. The number of hydrogen-bond acceptors (Lipinski definition) is 0. The molecule has 0 N–H and O–H groups in total. The van der Waals surface area contributed by atoms with E-state index in [1.165, 1.54) is 12.8 Å². The fraction of sp³-hybridized carbons (Fsp3) is 0.667. The normalized spacial score (nSPS) is 33.7. The molecule has 2 atom stereocenters. The van der Waals surface area contributed by atoms with Crippen molar-refractivity contribution in [1.29, 1.82) is 0 Å². The molecule has 0 amide bonds. The zero-order valence-electron chi connectivity index (χ0n) is 8.30. The Morgan fingerprint density at radius 1 is 1.42 bits per heavy atom. The predicted molar refractivity (Wildman–Crippen MR) is 52.9 cm³/mol. The third kappa shape index (κ3) is 0.972. The van der Waals surface area contributed by atoms with Gasteiger partial charge in [0.1, 0.15) is 0 Å². The highest BCUT2D eigenvalue weighted by Crippen LogP contribution is 2.49. The predicted octanol–water partition coefficient (Wildman–Crippen LogP) is 3.55. The van der Waals surface area contributed by atoms with Gasteiger partial charge in [0.05, 0.1) is 0 Å². The lowest BCUT2D eigenvalue weighted by molar-refractivity contribution is 0.356. The summed E-state index contributed by atoms with van der Waals surface area (Å²) in [7, 11) is 0. The van der Waals surface area contributed by atoms with E-state index in [0.717, 1.165) is 17.8 Å². The first-order valence-corrected chi connectivity index (χ1v) is 5.09. The summed E-state index contributed by atoms with van der Waals surface area (Å²) in [5.74, 6) is 2.49. The van der Waals surface area contributed by atoms with Crippen LogP contribution in [-0.4, -0.2) is 0 Å². The Hall–Kier alpha value is -0.520. The van der Waals surface area contributed by atoms with Crippen LogP contribution in [0.2, 0.25) is 0 Å². The van der Waals surface area contributed by atoms with Crippen molar-refractivity contribution in [2.45, 2.75) is 33.6 Å². The summed E-state index contributed by atoms with van der Waals surface area (Å²) in [6.45, 7) is 6.96. The summed E-state index contributed by atoms with van der Waals surface area (Å²) in [6, 6.07) is 0. The molecule has 0 aliphatic heterocycles. The summed E-state index contributed by atoms with van der Waals surface area (Å²) in [5, 5.41) is 0. The zero-order chi connectivity index (χ0) is 8.72. The molecule has 66 valence electrons. The van der Waals surface area contributed by atoms with E-state index in [1.54, 1.807) is 11.1 Å². The van der Waals surface area contributed by atoms with E-state index in [1.807, 2.05) is 0 Å². The SMILES string of the molecule is CC1=C(C(C)C)[C@H]2C=CCCC12. The molecule has 12 heavy (non-hydrogen) atoms. The van der Waals surface area contributed by atoms with E-state index in [0.29, 0.717) is 0 Å². The van der Waals surface area contributed by atoms with E-state index in [-0.39, 0.29) is 0 Å². The number of fused-ring (bicyclic) bond motifs is 1. The molecule has 0 radical (unpaired) electrons. The Bertz CT molecular complexity index is 243. The number of hydrogen-bond donors (Lipinski definition) is 0. The van der Waals surface area contributed by atoms with Gasteiger partial charge in [0.2, 0.25) is 0 Å². The van der Waals surface area contributed by atoms with Gasteiger partial charge < -0.3 is 0 Å². The Labute approximate surface area is 75.4 Å². The van der Waals surface area contributed by atoms with E-state index < -0.39 is 0 Å². The average molecular weight is 162 g/mol. The van der Waals surface area contributed by atoms with Crippen LogP contribution in [0.1, 0.15) is 33.6 Å². The molecule has 0 aromatic carbocycles. The number of rotatable bonds is 1. The highest BCUT2D eigenvalue weighted by atomic mass is 14.4. The molecule has 0 saturated heterocycles. The van der Waals surface area contributed by atoms with Crippen LogP contribution in [0.4, 0.5) is 0 Å². The molecular formula is C12H18. The van der Waals surface area contributed by atoms with Gasteiger partial charge >= 0.3 is 0 Å². The Morgan fingerprint density at radius 2 is 2.17 bits per heavy atom. The maximum absolute atomic E-state index is 2.43. The van der Waals surface area contributed by atoms with E-state index in [2.05, 4.69) is 32.9 Å². The topological polar surface area (TPSA) is 0 Å². The lowest BCUT2D eigenvalue weighted by Gasteiger charge is -2.43. The average Bonchev–Trinajstić information content (AvgIpc) is 2.03. The first kappa shape index (κ1) is 8.10.